The van der Waals surface area contributed by atoms with Gasteiger partial charge in [0.05, 0.1) is 10.2 Å². The number of nitrogens with zero attached hydrogens (tertiary/aromatic N) is 5. The number of hydrogen-bond acceptors (Lipinski definition) is 7. The van der Waals surface area contributed by atoms with Crippen molar-refractivity contribution in [1.82, 2.24) is 19.7 Å². The number of nitro groups is 1. The molecule has 1 N–H and O–H groups in total. The third kappa shape index (κ3) is 4.77. The largest absolute Gasteiger partial charge is 0.325 e. The van der Waals surface area contributed by atoms with Crippen molar-refractivity contribution < 1.29 is 9.72 Å². The number of pyridine rings is 1. The molecule has 2 heterocycles. The monoisotopic (exact) mass is 412 g/mol. The average Bonchev–Trinajstić information content (AvgIpc) is 3.15. The first kappa shape index (κ1) is 20.5. The van der Waals surface area contributed by atoms with Gasteiger partial charge in [0.1, 0.15) is 0 Å². The number of hydrogen-bond donors (Lipinski definition) is 1. The smallest absolute Gasteiger partial charge is 0.271 e. The molecule has 2 aromatic heterocycles. The average molecular weight is 412 g/mol. The van der Waals surface area contributed by atoms with Gasteiger partial charge in [-0.05, 0) is 31.5 Å². The van der Waals surface area contributed by atoms with E-state index in [9.17, 15) is 14.9 Å². The van der Waals surface area contributed by atoms with Gasteiger partial charge < -0.3 is 9.88 Å². The third-order valence-corrected chi connectivity index (χ3v) is 5.55. The molecule has 0 bridgehead atoms. The SMILES string of the molecule is CC[C@@H](Sc1nnc(-c2ccncc2)n1CC)C(=O)Nc1cccc([N+](=O)[O-])c1. The van der Waals surface area contributed by atoms with Crippen LogP contribution < -0.4 is 5.32 Å². The number of aromatic nitrogens is 4. The number of amides is 1. The first-order valence-electron chi connectivity index (χ1n) is 9.09. The Morgan fingerprint density at radius 3 is 2.66 bits per heavy atom. The van der Waals surface area contributed by atoms with Gasteiger partial charge in [-0.1, -0.05) is 24.8 Å². The Morgan fingerprint density at radius 1 is 1.24 bits per heavy atom. The van der Waals surface area contributed by atoms with Crippen molar-refractivity contribution in [3.8, 4) is 11.4 Å². The lowest BCUT2D eigenvalue weighted by Crippen LogP contribution is -2.25. The molecule has 0 unspecified atom stereocenters. The van der Waals surface area contributed by atoms with Crippen LogP contribution in [0.1, 0.15) is 20.3 Å². The molecule has 0 aliphatic carbocycles. The van der Waals surface area contributed by atoms with Gasteiger partial charge in [-0.25, -0.2) is 0 Å². The van der Waals surface area contributed by atoms with Gasteiger partial charge in [-0.15, -0.1) is 10.2 Å². The Labute approximate surface area is 171 Å². The fourth-order valence-electron chi connectivity index (χ4n) is 2.74. The van der Waals surface area contributed by atoms with E-state index in [1.807, 2.05) is 30.5 Å². The predicted octanol–water partition coefficient (Wildman–Crippen LogP) is 3.78. The lowest BCUT2D eigenvalue weighted by molar-refractivity contribution is -0.384. The summed E-state index contributed by atoms with van der Waals surface area (Å²) >= 11 is 1.32. The molecule has 0 spiro atoms. The lowest BCUT2D eigenvalue weighted by Gasteiger charge is -2.15. The minimum Gasteiger partial charge on any atom is -0.325 e. The fourth-order valence-corrected chi connectivity index (χ4v) is 3.76. The Morgan fingerprint density at radius 2 is 2.00 bits per heavy atom. The number of rotatable bonds is 8. The molecular formula is C19H20N6O3S. The topological polar surface area (TPSA) is 116 Å². The van der Waals surface area contributed by atoms with Crippen molar-refractivity contribution in [2.24, 2.45) is 0 Å². The molecule has 0 radical (unpaired) electrons. The summed E-state index contributed by atoms with van der Waals surface area (Å²) in [6.45, 7) is 4.54. The minimum absolute atomic E-state index is 0.0729. The van der Waals surface area contributed by atoms with Crippen LogP contribution in [-0.2, 0) is 11.3 Å². The molecule has 10 heteroatoms. The Kier molecular flexibility index (Phi) is 6.55. The number of carbonyl (C=O) groups is 1. The number of nitro benzene ring substituents is 1. The number of thioether (sulfide) groups is 1. The second-order valence-corrected chi connectivity index (χ2v) is 7.27. The quantitative estimate of drug-likeness (QED) is 0.340. The second kappa shape index (κ2) is 9.28. The van der Waals surface area contributed by atoms with E-state index < -0.39 is 10.2 Å². The van der Waals surface area contributed by atoms with Crippen molar-refractivity contribution in [1.29, 1.82) is 0 Å². The van der Waals surface area contributed by atoms with E-state index in [4.69, 9.17) is 0 Å². The predicted molar refractivity (Wildman–Crippen MR) is 111 cm³/mol. The van der Waals surface area contributed by atoms with E-state index in [1.54, 1.807) is 18.5 Å². The first-order chi connectivity index (χ1) is 14.0. The molecule has 0 fully saturated rings. The van der Waals surface area contributed by atoms with E-state index in [-0.39, 0.29) is 11.6 Å². The zero-order chi connectivity index (χ0) is 20.8. The molecule has 0 aliphatic heterocycles. The zero-order valence-corrected chi connectivity index (χ0v) is 16.8. The summed E-state index contributed by atoms with van der Waals surface area (Å²) in [5.74, 6) is 0.473. The second-order valence-electron chi connectivity index (χ2n) is 6.10. The van der Waals surface area contributed by atoms with E-state index >= 15 is 0 Å². The van der Waals surface area contributed by atoms with E-state index in [0.717, 1.165) is 5.56 Å². The highest BCUT2D eigenvalue weighted by Crippen LogP contribution is 2.29. The summed E-state index contributed by atoms with van der Waals surface area (Å²) < 4.78 is 1.95. The van der Waals surface area contributed by atoms with E-state index in [2.05, 4.69) is 20.5 Å². The van der Waals surface area contributed by atoms with Crippen LogP contribution >= 0.6 is 11.8 Å². The first-order valence-corrected chi connectivity index (χ1v) is 9.97. The third-order valence-electron chi connectivity index (χ3n) is 4.21. The van der Waals surface area contributed by atoms with E-state index in [0.29, 0.717) is 29.6 Å². The van der Waals surface area contributed by atoms with Crippen molar-refractivity contribution in [3.05, 3.63) is 58.9 Å². The van der Waals surface area contributed by atoms with Crippen LogP contribution in [0.4, 0.5) is 11.4 Å². The van der Waals surface area contributed by atoms with Crippen LogP contribution in [0.15, 0.2) is 53.9 Å². The highest BCUT2D eigenvalue weighted by atomic mass is 32.2. The molecule has 29 heavy (non-hydrogen) atoms. The molecular weight excluding hydrogens is 392 g/mol. The highest BCUT2D eigenvalue weighted by Gasteiger charge is 2.23. The lowest BCUT2D eigenvalue weighted by atomic mass is 10.2. The summed E-state index contributed by atoms with van der Waals surface area (Å²) in [7, 11) is 0. The number of nitrogens with one attached hydrogen (secondary N) is 1. The van der Waals surface area contributed by atoms with Crippen LogP contribution in [0, 0.1) is 10.1 Å². The van der Waals surface area contributed by atoms with Gasteiger partial charge in [0.2, 0.25) is 5.91 Å². The summed E-state index contributed by atoms with van der Waals surface area (Å²) in [5, 5.41) is 22.4. The van der Waals surface area contributed by atoms with Gasteiger partial charge in [0.25, 0.3) is 5.69 Å². The van der Waals surface area contributed by atoms with Crippen molar-refractivity contribution >= 4 is 29.0 Å². The molecule has 1 atom stereocenters. The molecule has 9 nitrogen and oxygen atoms in total. The molecule has 1 amide bonds. The molecule has 150 valence electrons. The molecule has 0 saturated heterocycles. The molecule has 3 aromatic rings. The summed E-state index contributed by atoms with van der Waals surface area (Å²) in [5.41, 5.74) is 1.21. The van der Waals surface area contributed by atoms with Gasteiger partial charge >= 0.3 is 0 Å². The van der Waals surface area contributed by atoms with Crippen LogP contribution in [0.3, 0.4) is 0 Å². The number of non-ortho nitro benzene ring substituents is 1. The normalized spacial score (nSPS) is 11.8. The highest BCUT2D eigenvalue weighted by molar-refractivity contribution is 8.00. The minimum atomic E-state index is -0.494. The Balaban J connectivity index is 1.78. The van der Waals surface area contributed by atoms with Crippen LogP contribution in [0.2, 0.25) is 0 Å². The maximum Gasteiger partial charge on any atom is 0.271 e. The van der Waals surface area contributed by atoms with Crippen molar-refractivity contribution in [2.75, 3.05) is 5.32 Å². The molecule has 1 aromatic carbocycles. The Bertz CT molecular complexity index is 1010. The van der Waals surface area contributed by atoms with Gasteiger partial charge in [-0.3, -0.25) is 19.9 Å². The van der Waals surface area contributed by atoms with Crippen LogP contribution in [-0.4, -0.2) is 35.8 Å². The van der Waals surface area contributed by atoms with Gasteiger partial charge in [-0.2, -0.15) is 0 Å². The maximum absolute atomic E-state index is 12.7. The Hall–Kier alpha value is -3.27. The van der Waals surface area contributed by atoms with E-state index in [1.165, 1.54) is 30.0 Å². The molecule has 3 rings (SSSR count). The molecule has 0 aliphatic rings. The fraction of sp³-hybridized carbons (Fsp3) is 0.263. The summed E-state index contributed by atoms with van der Waals surface area (Å²) in [6.07, 6.45) is 3.95. The zero-order valence-electron chi connectivity index (χ0n) is 16.0. The van der Waals surface area contributed by atoms with Crippen LogP contribution in [0.5, 0.6) is 0 Å². The van der Waals surface area contributed by atoms with Crippen molar-refractivity contribution in [3.63, 3.8) is 0 Å². The standard InChI is InChI=1S/C19H20N6O3S/c1-3-16(18(26)21-14-6-5-7-15(12-14)25(27)28)29-19-23-22-17(24(19)4-2)13-8-10-20-11-9-13/h5-12,16H,3-4H2,1-2H3,(H,21,26)/t16-/m1/s1. The number of carbonyl (C=O) groups excluding carboxylic acids is 1. The summed E-state index contributed by atoms with van der Waals surface area (Å²) in [6, 6.07) is 9.60. The maximum atomic E-state index is 12.7. The van der Waals surface area contributed by atoms with Crippen LogP contribution in [0.25, 0.3) is 11.4 Å². The molecule has 0 saturated carbocycles. The number of anilines is 1. The number of benzene rings is 1. The van der Waals surface area contributed by atoms with Crippen molar-refractivity contribution in [2.45, 2.75) is 37.2 Å². The summed E-state index contributed by atoms with van der Waals surface area (Å²) in [4.78, 5) is 27.2. The van der Waals surface area contributed by atoms with Gasteiger partial charge in [0, 0.05) is 42.3 Å². The van der Waals surface area contributed by atoms with Gasteiger partial charge in [0.15, 0.2) is 11.0 Å².